The Balaban J connectivity index is 1.85. The predicted octanol–water partition coefficient (Wildman–Crippen LogP) is 3.72. The van der Waals surface area contributed by atoms with Gasteiger partial charge in [0.05, 0.1) is 4.90 Å². The van der Waals surface area contributed by atoms with Crippen LogP contribution in [0.1, 0.15) is 38.7 Å². The van der Waals surface area contributed by atoms with Crippen LogP contribution in [-0.4, -0.2) is 20.4 Å². The Kier molecular flexibility index (Phi) is 7.36. The lowest BCUT2D eigenvalue weighted by molar-refractivity contribution is -0.116. The van der Waals surface area contributed by atoms with Gasteiger partial charge in [0.1, 0.15) is 0 Å². The first-order chi connectivity index (χ1) is 12.4. The minimum atomic E-state index is -3.52. The lowest BCUT2D eigenvalue weighted by Crippen LogP contribution is -2.31. The third kappa shape index (κ3) is 6.28. The minimum absolute atomic E-state index is 0.0748. The van der Waals surface area contributed by atoms with E-state index in [9.17, 15) is 13.2 Å². The Morgan fingerprint density at radius 2 is 1.69 bits per heavy atom. The number of hydrogen-bond donors (Lipinski definition) is 2. The van der Waals surface area contributed by atoms with Crippen molar-refractivity contribution in [3.8, 4) is 0 Å². The highest BCUT2D eigenvalue weighted by Crippen LogP contribution is 2.15. The minimum Gasteiger partial charge on any atom is -0.326 e. The van der Waals surface area contributed by atoms with E-state index in [1.165, 1.54) is 17.7 Å². The molecule has 0 saturated heterocycles. The quantitative estimate of drug-likeness (QED) is 0.702. The SMILES string of the molecule is CC[C@@H](C)NS(=O)(=O)c1ccc(NC(=O)CCCc2ccccc2)cc1. The number of rotatable bonds is 9. The van der Waals surface area contributed by atoms with E-state index in [1.807, 2.05) is 44.2 Å². The molecule has 0 saturated carbocycles. The molecule has 0 fully saturated rings. The van der Waals surface area contributed by atoms with E-state index in [0.717, 1.165) is 19.3 Å². The van der Waals surface area contributed by atoms with Gasteiger partial charge in [0.25, 0.3) is 0 Å². The van der Waals surface area contributed by atoms with Crippen LogP contribution in [0.4, 0.5) is 5.69 Å². The summed E-state index contributed by atoms with van der Waals surface area (Å²) in [5.41, 5.74) is 1.81. The summed E-state index contributed by atoms with van der Waals surface area (Å²) in [6.07, 6.45) is 2.76. The maximum absolute atomic E-state index is 12.2. The molecule has 1 amide bonds. The summed E-state index contributed by atoms with van der Waals surface area (Å²) in [7, 11) is -3.52. The Hall–Kier alpha value is -2.18. The Morgan fingerprint density at radius 1 is 1.04 bits per heavy atom. The molecule has 2 rings (SSSR count). The molecule has 0 heterocycles. The summed E-state index contributed by atoms with van der Waals surface area (Å²) < 4.78 is 27.0. The second-order valence-electron chi connectivity index (χ2n) is 6.34. The van der Waals surface area contributed by atoms with E-state index >= 15 is 0 Å². The van der Waals surface area contributed by atoms with Crippen LogP contribution in [0, 0.1) is 0 Å². The van der Waals surface area contributed by atoms with E-state index in [2.05, 4.69) is 10.0 Å². The number of benzene rings is 2. The summed E-state index contributed by atoms with van der Waals surface area (Å²) >= 11 is 0. The number of nitrogens with one attached hydrogen (secondary N) is 2. The van der Waals surface area contributed by atoms with Crippen molar-refractivity contribution in [3.63, 3.8) is 0 Å². The third-order valence-electron chi connectivity index (χ3n) is 4.13. The van der Waals surface area contributed by atoms with Crippen molar-refractivity contribution in [1.82, 2.24) is 4.72 Å². The fourth-order valence-electron chi connectivity index (χ4n) is 2.45. The van der Waals surface area contributed by atoms with Crippen LogP contribution in [0.3, 0.4) is 0 Å². The fourth-order valence-corrected chi connectivity index (χ4v) is 3.78. The van der Waals surface area contributed by atoms with Crippen LogP contribution in [0.5, 0.6) is 0 Å². The van der Waals surface area contributed by atoms with Crippen molar-refractivity contribution >= 4 is 21.6 Å². The number of aryl methyl sites for hydroxylation is 1. The van der Waals surface area contributed by atoms with Crippen molar-refractivity contribution in [1.29, 1.82) is 0 Å². The molecule has 6 heteroatoms. The maximum atomic E-state index is 12.2. The van der Waals surface area contributed by atoms with Crippen molar-refractivity contribution < 1.29 is 13.2 Å². The zero-order chi connectivity index (χ0) is 19.0. The zero-order valence-electron chi connectivity index (χ0n) is 15.2. The molecule has 0 aliphatic carbocycles. The van der Waals surface area contributed by atoms with E-state index < -0.39 is 10.0 Å². The fraction of sp³-hybridized carbons (Fsp3) is 0.350. The molecular formula is C20H26N2O3S. The highest BCUT2D eigenvalue weighted by atomic mass is 32.2. The Labute approximate surface area is 155 Å². The number of carbonyl (C=O) groups is 1. The normalized spacial score (nSPS) is 12.5. The van der Waals surface area contributed by atoms with E-state index in [1.54, 1.807) is 12.1 Å². The van der Waals surface area contributed by atoms with Gasteiger partial charge in [-0.05, 0) is 56.0 Å². The van der Waals surface area contributed by atoms with Crippen LogP contribution < -0.4 is 10.0 Å². The largest absolute Gasteiger partial charge is 0.326 e. The molecule has 0 spiro atoms. The maximum Gasteiger partial charge on any atom is 0.240 e. The van der Waals surface area contributed by atoms with Gasteiger partial charge in [-0.1, -0.05) is 37.3 Å². The molecule has 140 valence electrons. The van der Waals surface area contributed by atoms with Crippen LogP contribution in [0.25, 0.3) is 0 Å². The lowest BCUT2D eigenvalue weighted by atomic mass is 10.1. The number of anilines is 1. The van der Waals surface area contributed by atoms with Crippen molar-refractivity contribution in [2.75, 3.05) is 5.32 Å². The first-order valence-corrected chi connectivity index (χ1v) is 10.3. The predicted molar refractivity (Wildman–Crippen MR) is 105 cm³/mol. The van der Waals surface area contributed by atoms with Gasteiger partial charge in [0, 0.05) is 18.2 Å². The summed E-state index contributed by atoms with van der Waals surface area (Å²) in [5, 5.41) is 2.80. The Morgan fingerprint density at radius 3 is 2.31 bits per heavy atom. The molecule has 0 aliphatic rings. The molecule has 0 radical (unpaired) electrons. The first kappa shape index (κ1) is 20.1. The molecule has 0 unspecified atom stereocenters. The zero-order valence-corrected chi connectivity index (χ0v) is 16.1. The summed E-state index contributed by atoms with van der Waals surface area (Å²) in [6.45, 7) is 3.74. The van der Waals surface area contributed by atoms with Gasteiger partial charge in [-0.25, -0.2) is 13.1 Å². The van der Waals surface area contributed by atoms with E-state index in [4.69, 9.17) is 0 Å². The van der Waals surface area contributed by atoms with Crippen molar-refractivity contribution in [3.05, 3.63) is 60.2 Å². The number of amides is 1. The molecular weight excluding hydrogens is 348 g/mol. The highest BCUT2D eigenvalue weighted by Gasteiger charge is 2.16. The van der Waals surface area contributed by atoms with Gasteiger partial charge in [-0.2, -0.15) is 0 Å². The van der Waals surface area contributed by atoms with Crippen LogP contribution in [0.2, 0.25) is 0 Å². The van der Waals surface area contributed by atoms with Gasteiger partial charge >= 0.3 is 0 Å². The standard InChI is InChI=1S/C20H26N2O3S/c1-3-16(2)22-26(24,25)19-14-12-18(13-15-19)21-20(23)11-7-10-17-8-5-4-6-9-17/h4-6,8-9,12-16,22H,3,7,10-11H2,1-2H3,(H,21,23)/t16-/m1/s1. The van der Waals surface area contributed by atoms with Crippen LogP contribution in [-0.2, 0) is 21.2 Å². The van der Waals surface area contributed by atoms with Gasteiger partial charge < -0.3 is 5.32 Å². The summed E-state index contributed by atoms with van der Waals surface area (Å²) in [6, 6.07) is 16.1. The van der Waals surface area contributed by atoms with Crippen molar-refractivity contribution in [2.45, 2.75) is 50.5 Å². The van der Waals surface area contributed by atoms with Gasteiger partial charge in [0.2, 0.25) is 15.9 Å². The second-order valence-corrected chi connectivity index (χ2v) is 8.06. The summed E-state index contributed by atoms with van der Waals surface area (Å²) in [4.78, 5) is 12.2. The molecule has 2 N–H and O–H groups in total. The molecule has 0 aromatic heterocycles. The number of carbonyl (C=O) groups excluding carboxylic acids is 1. The topological polar surface area (TPSA) is 75.3 Å². The molecule has 2 aromatic rings. The monoisotopic (exact) mass is 374 g/mol. The van der Waals surface area contributed by atoms with Gasteiger partial charge in [-0.15, -0.1) is 0 Å². The van der Waals surface area contributed by atoms with E-state index in [0.29, 0.717) is 12.1 Å². The second kappa shape index (κ2) is 9.50. The Bertz CT molecular complexity index is 803. The average molecular weight is 375 g/mol. The number of sulfonamides is 1. The molecule has 1 atom stereocenters. The first-order valence-electron chi connectivity index (χ1n) is 8.87. The smallest absolute Gasteiger partial charge is 0.240 e. The highest BCUT2D eigenvalue weighted by molar-refractivity contribution is 7.89. The van der Waals surface area contributed by atoms with Crippen LogP contribution in [0.15, 0.2) is 59.5 Å². The van der Waals surface area contributed by atoms with Crippen LogP contribution >= 0.6 is 0 Å². The molecule has 5 nitrogen and oxygen atoms in total. The molecule has 0 aliphatic heterocycles. The molecule has 0 bridgehead atoms. The molecule has 2 aromatic carbocycles. The molecule has 26 heavy (non-hydrogen) atoms. The number of hydrogen-bond acceptors (Lipinski definition) is 3. The van der Waals surface area contributed by atoms with Gasteiger partial charge in [0.15, 0.2) is 0 Å². The third-order valence-corrected chi connectivity index (χ3v) is 5.73. The van der Waals surface area contributed by atoms with Gasteiger partial charge in [-0.3, -0.25) is 4.79 Å². The average Bonchev–Trinajstić information content (AvgIpc) is 2.62. The van der Waals surface area contributed by atoms with E-state index in [-0.39, 0.29) is 16.8 Å². The van der Waals surface area contributed by atoms with Crippen molar-refractivity contribution in [2.24, 2.45) is 0 Å². The summed E-state index contributed by atoms with van der Waals surface area (Å²) in [5.74, 6) is -0.0748. The lowest BCUT2D eigenvalue weighted by Gasteiger charge is -2.12.